The molecule has 6 nitrogen and oxygen atoms in total. The number of rotatable bonds is 4. The summed E-state index contributed by atoms with van der Waals surface area (Å²) in [6.07, 6.45) is -1.59. The standard InChI is InChI=1S/C20H15BrF3N5O/c1-28-18(20(22,23)24)16(21)17(27-28)19(30)26-14-9-25-29(11-14)10-13-7-4-6-12-5-2-3-8-15(12)13/h2-9,11H,10H2,1H3,(H,26,30). The fourth-order valence-corrected chi connectivity index (χ4v) is 4.00. The number of anilines is 1. The van der Waals surface area contributed by atoms with Gasteiger partial charge in [-0.2, -0.15) is 23.4 Å². The van der Waals surface area contributed by atoms with Gasteiger partial charge in [-0.05, 0) is 32.3 Å². The van der Waals surface area contributed by atoms with E-state index in [0.29, 0.717) is 16.9 Å². The van der Waals surface area contributed by atoms with Crippen LogP contribution in [0.1, 0.15) is 21.7 Å². The van der Waals surface area contributed by atoms with Crippen LogP contribution in [0.4, 0.5) is 18.9 Å². The first-order valence-corrected chi connectivity index (χ1v) is 9.63. The Balaban J connectivity index is 1.53. The average molecular weight is 478 g/mol. The number of hydrogen-bond acceptors (Lipinski definition) is 3. The summed E-state index contributed by atoms with van der Waals surface area (Å²) in [5.41, 5.74) is 0.0219. The number of alkyl halides is 3. The first-order valence-electron chi connectivity index (χ1n) is 8.84. The van der Waals surface area contributed by atoms with Crippen LogP contribution in [0.25, 0.3) is 10.8 Å². The van der Waals surface area contributed by atoms with E-state index >= 15 is 0 Å². The number of halogens is 4. The van der Waals surface area contributed by atoms with Gasteiger partial charge in [0.1, 0.15) is 0 Å². The summed E-state index contributed by atoms with van der Waals surface area (Å²) in [6.45, 7) is 0.475. The van der Waals surface area contributed by atoms with Crippen LogP contribution in [0.5, 0.6) is 0 Å². The number of carbonyl (C=O) groups is 1. The van der Waals surface area contributed by atoms with Crippen molar-refractivity contribution in [3.8, 4) is 0 Å². The van der Waals surface area contributed by atoms with Crippen molar-refractivity contribution in [2.45, 2.75) is 12.7 Å². The summed E-state index contributed by atoms with van der Waals surface area (Å²) in [7, 11) is 1.13. The van der Waals surface area contributed by atoms with Gasteiger partial charge in [0.05, 0.1) is 22.9 Å². The second-order valence-corrected chi connectivity index (χ2v) is 7.44. The Morgan fingerprint density at radius 1 is 1.17 bits per heavy atom. The predicted molar refractivity (Wildman–Crippen MR) is 109 cm³/mol. The summed E-state index contributed by atoms with van der Waals surface area (Å²) in [5.74, 6) is -0.766. The Labute approximate surface area is 177 Å². The highest BCUT2D eigenvalue weighted by atomic mass is 79.9. The Morgan fingerprint density at radius 2 is 1.90 bits per heavy atom. The lowest BCUT2D eigenvalue weighted by molar-refractivity contribution is -0.144. The van der Waals surface area contributed by atoms with Crippen molar-refractivity contribution >= 4 is 38.3 Å². The van der Waals surface area contributed by atoms with Gasteiger partial charge >= 0.3 is 6.18 Å². The number of nitrogens with zero attached hydrogens (tertiary/aromatic N) is 4. The van der Waals surface area contributed by atoms with Crippen LogP contribution in [-0.2, 0) is 19.8 Å². The molecule has 0 saturated carbocycles. The molecule has 1 amide bonds. The molecule has 0 spiro atoms. The molecule has 0 saturated heterocycles. The summed E-state index contributed by atoms with van der Waals surface area (Å²) in [4.78, 5) is 12.4. The third kappa shape index (κ3) is 3.82. The van der Waals surface area contributed by atoms with Crippen molar-refractivity contribution in [1.82, 2.24) is 19.6 Å². The van der Waals surface area contributed by atoms with Crippen molar-refractivity contribution in [1.29, 1.82) is 0 Å². The van der Waals surface area contributed by atoms with Gasteiger partial charge in [-0.15, -0.1) is 0 Å². The van der Waals surface area contributed by atoms with Gasteiger partial charge in [-0.3, -0.25) is 14.2 Å². The number of aryl methyl sites for hydroxylation is 1. The Hall–Kier alpha value is -3.14. The summed E-state index contributed by atoms with van der Waals surface area (Å²) in [5, 5.41) is 12.7. The highest BCUT2D eigenvalue weighted by Crippen LogP contribution is 2.36. The van der Waals surface area contributed by atoms with Gasteiger partial charge in [-0.1, -0.05) is 42.5 Å². The highest BCUT2D eigenvalue weighted by Gasteiger charge is 2.39. The molecule has 0 radical (unpaired) electrons. The maximum absolute atomic E-state index is 13.1. The van der Waals surface area contributed by atoms with E-state index in [1.54, 1.807) is 10.9 Å². The molecule has 0 aliphatic rings. The van der Waals surface area contributed by atoms with E-state index in [-0.39, 0.29) is 5.69 Å². The van der Waals surface area contributed by atoms with E-state index < -0.39 is 22.3 Å². The molecule has 0 aliphatic heterocycles. The molecule has 4 rings (SSSR count). The highest BCUT2D eigenvalue weighted by molar-refractivity contribution is 9.10. The van der Waals surface area contributed by atoms with Gasteiger partial charge < -0.3 is 5.32 Å². The zero-order chi connectivity index (χ0) is 21.5. The minimum Gasteiger partial charge on any atom is -0.318 e. The lowest BCUT2D eigenvalue weighted by atomic mass is 10.0. The van der Waals surface area contributed by atoms with Crippen molar-refractivity contribution in [3.63, 3.8) is 0 Å². The number of benzene rings is 2. The first-order chi connectivity index (χ1) is 14.2. The Morgan fingerprint density at radius 3 is 2.63 bits per heavy atom. The van der Waals surface area contributed by atoms with Crippen molar-refractivity contribution in [3.05, 3.63) is 76.3 Å². The minimum atomic E-state index is -4.64. The van der Waals surface area contributed by atoms with Crippen LogP contribution in [0.15, 0.2) is 59.3 Å². The van der Waals surface area contributed by atoms with E-state index in [4.69, 9.17) is 0 Å². The Kier molecular flexibility index (Phi) is 5.10. The number of hydrogen-bond donors (Lipinski definition) is 1. The van der Waals surface area contributed by atoms with E-state index in [9.17, 15) is 18.0 Å². The molecule has 0 atom stereocenters. The third-order valence-corrected chi connectivity index (χ3v) is 5.33. The van der Waals surface area contributed by atoms with Crippen LogP contribution in [-0.4, -0.2) is 25.5 Å². The molecule has 2 heterocycles. The molecule has 30 heavy (non-hydrogen) atoms. The fourth-order valence-electron chi connectivity index (χ4n) is 3.26. The number of fused-ring (bicyclic) bond motifs is 1. The van der Waals surface area contributed by atoms with Gasteiger partial charge in [0.15, 0.2) is 11.4 Å². The SMILES string of the molecule is Cn1nc(C(=O)Nc2cnn(Cc3cccc4ccccc34)c2)c(Br)c1C(F)(F)F. The largest absolute Gasteiger partial charge is 0.434 e. The summed E-state index contributed by atoms with van der Waals surface area (Å²) in [6, 6.07) is 13.9. The fraction of sp³-hybridized carbons (Fsp3) is 0.150. The number of amides is 1. The minimum absolute atomic E-state index is 0.353. The molecule has 2 aromatic carbocycles. The second-order valence-electron chi connectivity index (χ2n) is 6.65. The lowest BCUT2D eigenvalue weighted by Crippen LogP contribution is -2.13. The summed E-state index contributed by atoms with van der Waals surface area (Å²) >= 11 is 2.84. The molecule has 2 aromatic heterocycles. The molecule has 0 bridgehead atoms. The van der Waals surface area contributed by atoms with Crippen LogP contribution >= 0.6 is 15.9 Å². The van der Waals surface area contributed by atoms with E-state index in [1.165, 1.54) is 6.20 Å². The molecule has 4 aromatic rings. The maximum Gasteiger partial charge on any atom is 0.434 e. The summed E-state index contributed by atoms with van der Waals surface area (Å²) < 4.78 is 41.2. The van der Waals surface area contributed by atoms with E-state index in [0.717, 1.165) is 23.4 Å². The van der Waals surface area contributed by atoms with Gasteiger partial charge in [0.25, 0.3) is 5.91 Å². The topological polar surface area (TPSA) is 64.7 Å². The van der Waals surface area contributed by atoms with E-state index in [1.807, 2.05) is 42.5 Å². The van der Waals surface area contributed by atoms with Crippen molar-refractivity contribution in [2.75, 3.05) is 5.32 Å². The Bertz CT molecular complexity index is 1240. The predicted octanol–water partition coefficient (Wildman–Crippen LogP) is 4.85. The lowest BCUT2D eigenvalue weighted by Gasteiger charge is -2.06. The zero-order valence-corrected chi connectivity index (χ0v) is 17.2. The smallest absolute Gasteiger partial charge is 0.318 e. The van der Waals surface area contributed by atoms with Crippen molar-refractivity contribution < 1.29 is 18.0 Å². The van der Waals surface area contributed by atoms with Crippen LogP contribution in [0.2, 0.25) is 0 Å². The molecule has 154 valence electrons. The monoisotopic (exact) mass is 477 g/mol. The average Bonchev–Trinajstić information content (AvgIpc) is 3.25. The molecule has 0 fully saturated rings. The van der Waals surface area contributed by atoms with Crippen molar-refractivity contribution in [2.24, 2.45) is 7.05 Å². The van der Waals surface area contributed by atoms with Gasteiger partial charge in [-0.25, -0.2) is 0 Å². The van der Waals surface area contributed by atoms with Crippen LogP contribution in [0.3, 0.4) is 0 Å². The quantitative estimate of drug-likeness (QED) is 0.456. The molecular formula is C20H15BrF3N5O. The number of nitrogens with one attached hydrogen (secondary N) is 1. The molecule has 10 heteroatoms. The normalized spacial score (nSPS) is 11.8. The maximum atomic E-state index is 13.1. The first kappa shape index (κ1) is 20.1. The van der Waals surface area contributed by atoms with E-state index in [2.05, 4.69) is 31.4 Å². The zero-order valence-electron chi connectivity index (χ0n) is 15.6. The van der Waals surface area contributed by atoms with Gasteiger partial charge in [0, 0.05) is 13.2 Å². The molecule has 0 aliphatic carbocycles. The molecule has 0 unspecified atom stereocenters. The van der Waals surface area contributed by atoms with Crippen LogP contribution < -0.4 is 5.32 Å². The number of aromatic nitrogens is 4. The van der Waals surface area contributed by atoms with Gasteiger partial charge in [0.2, 0.25) is 0 Å². The molecule has 1 N–H and O–H groups in total. The molecular weight excluding hydrogens is 463 g/mol. The second kappa shape index (κ2) is 7.60. The third-order valence-electron chi connectivity index (χ3n) is 4.58. The number of carbonyl (C=O) groups excluding carboxylic acids is 1. The van der Waals surface area contributed by atoms with Crippen LogP contribution in [0, 0.1) is 0 Å².